The standard InChI is InChI=1S/C13H12N2O2/c16-11-6-2-1-5-10(11)9-13(17)15-12-7-3-4-8-14-12/h1-8,16H,9H2,(H,14,15,17). The molecule has 0 saturated carbocycles. The van der Waals surface area contributed by atoms with E-state index in [-0.39, 0.29) is 18.1 Å². The Morgan fingerprint density at radius 3 is 2.65 bits per heavy atom. The second-order valence-corrected chi connectivity index (χ2v) is 3.57. The van der Waals surface area contributed by atoms with Gasteiger partial charge in [0.2, 0.25) is 5.91 Å². The number of pyridine rings is 1. The maximum Gasteiger partial charge on any atom is 0.230 e. The van der Waals surface area contributed by atoms with E-state index < -0.39 is 0 Å². The minimum Gasteiger partial charge on any atom is -0.508 e. The molecule has 0 aliphatic carbocycles. The number of aromatic hydroxyl groups is 1. The van der Waals surface area contributed by atoms with Crippen LogP contribution in [0.25, 0.3) is 0 Å². The second-order valence-electron chi connectivity index (χ2n) is 3.57. The molecule has 0 spiro atoms. The van der Waals surface area contributed by atoms with E-state index in [1.165, 1.54) is 0 Å². The summed E-state index contributed by atoms with van der Waals surface area (Å²) in [6.45, 7) is 0. The highest BCUT2D eigenvalue weighted by Gasteiger charge is 2.07. The molecule has 0 radical (unpaired) electrons. The van der Waals surface area contributed by atoms with Gasteiger partial charge in [0.1, 0.15) is 11.6 Å². The van der Waals surface area contributed by atoms with Crippen molar-refractivity contribution in [2.75, 3.05) is 5.32 Å². The Morgan fingerprint density at radius 2 is 1.94 bits per heavy atom. The van der Waals surface area contributed by atoms with E-state index in [2.05, 4.69) is 10.3 Å². The van der Waals surface area contributed by atoms with Crippen molar-refractivity contribution < 1.29 is 9.90 Å². The summed E-state index contributed by atoms with van der Waals surface area (Å²) >= 11 is 0. The van der Waals surface area contributed by atoms with E-state index >= 15 is 0 Å². The van der Waals surface area contributed by atoms with Crippen LogP contribution in [0.3, 0.4) is 0 Å². The fraction of sp³-hybridized carbons (Fsp3) is 0.0769. The van der Waals surface area contributed by atoms with Gasteiger partial charge in [-0.15, -0.1) is 0 Å². The molecule has 0 fully saturated rings. The van der Waals surface area contributed by atoms with Crippen molar-refractivity contribution in [1.82, 2.24) is 4.98 Å². The molecule has 1 amide bonds. The molecule has 2 aromatic rings. The van der Waals surface area contributed by atoms with Crippen molar-refractivity contribution in [3.8, 4) is 5.75 Å². The number of nitrogens with one attached hydrogen (secondary N) is 1. The first kappa shape index (κ1) is 11.1. The van der Waals surface area contributed by atoms with Crippen LogP contribution >= 0.6 is 0 Å². The maximum atomic E-state index is 11.7. The Balaban J connectivity index is 2.01. The Kier molecular flexibility index (Phi) is 3.35. The van der Waals surface area contributed by atoms with Crippen LogP contribution in [0.4, 0.5) is 5.82 Å². The molecule has 0 unspecified atom stereocenters. The predicted octanol–water partition coefficient (Wildman–Crippen LogP) is 1.97. The minimum atomic E-state index is -0.204. The summed E-state index contributed by atoms with van der Waals surface area (Å²) < 4.78 is 0. The number of anilines is 1. The number of nitrogens with zero attached hydrogens (tertiary/aromatic N) is 1. The molecule has 1 aromatic carbocycles. The topological polar surface area (TPSA) is 62.2 Å². The van der Waals surface area contributed by atoms with Crippen LogP contribution in [-0.4, -0.2) is 16.0 Å². The number of benzene rings is 1. The predicted molar refractivity (Wildman–Crippen MR) is 64.7 cm³/mol. The Hall–Kier alpha value is -2.36. The second kappa shape index (κ2) is 5.12. The summed E-state index contributed by atoms with van der Waals surface area (Å²) in [6, 6.07) is 12.1. The van der Waals surface area contributed by atoms with Crippen molar-refractivity contribution in [2.24, 2.45) is 0 Å². The lowest BCUT2D eigenvalue weighted by molar-refractivity contribution is -0.115. The number of carbonyl (C=O) groups excluding carboxylic acids is 1. The quantitative estimate of drug-likeness (QED) is 0.844. The number of amides is 1. The van der Waals surface area contributed by atoms with E-state index in [0.717, 1.165) is 0 Å². The Morgan fingerprint density at radius 1 is 1.18 bits per heavy atom. The van der Waals surface area contributed by atoms with Gasteiger partial charge in [0.25, 0.3) is 0 Å². The molecular formula is C13H12N2O2. The third-order valence-electron chi connectivity index (χ3n) is 2.28. The zero-order valence-corrected chi connectivity index (χ0v) is 9.13. The average molecular weight is 228 g/mol. The van der Waals surface area contributed by atoms with E-state index in [9.17, 15) is 9.90 Å². The summed E-state index contributed by atoms with van der Waals surface area (Å²) in [7, 11) is 0. The van der Waals surface area contributed by atoms with Crippen LogP contribution in [-0.2, 0) is 11.2 Å². The number of phenolic OH excluding ortho intramolecular Hbond substituents is 1. The van der Waals surface area contributed by atoms with Gasteiger partial charge in [0, 0.05) is 11.8 Å². The Labute approximate surface area is 98.9 Å². The van der Waals surface area contributed by atoms with Crippen LogP contribution in [0.1, 0.15) is 5.56 Å². The number of rotatable bonds is 3. The van der Waals surface area contributed by atoms with Crippen LogP contribution < -0.4 is 5.32 Å². The highest BCUT2D eigenvalue weighted by Crippen LogP contribution is 2.16. The van der Waals surface area contributed by atoms with Crippen molar-refractivity contribution in [1.29, 1.82) is 0 Å². The third-order valence-corrected chi connectivity index (χ3v) is 2.28. The highest BCUT2D eigenvalue weighted by atomic mass is 16.3. The zero-order valence-electron chi connectivity index (χ0n) is 9.13. The first-order valence-corrected chi connectivity index (χ1v) is 5.23. The molecular weight excluding hydrogens is 216 g/mol. The highest BCUT2D eigenvalue weighted by molar-refractivity contribution is 5.91. The first-order valence-electron chi connectivity index (χ1n) is 5.23. The summed E-state index contributed by atoms with van der Waals surface area (Å²) in [5.74, 6) is 0.432. The monoisotopic (exact) mass is 228 g/mol. The normalized spacial score (nSPS) is 9.88. The van der Waals surface area contributed by atoms with Gasteiger partial charge in [-0.2, -0.15) is 0 Å². The molecule has 1 heterocycles. The molecule has 0 aliphatic heterocycles. The molecule has 0 bridgehead atoms. The molecule has 0 atom stereocenters. The van der Waals surface area contributed by atoms with Crippen molar-refractivity contribution in [3.63, 3.8) is 0 Å². The van der Waals surface area contributed by atoms with E-state index in [4.69, 9.17) is 0 Å². The number of hydrogen-bond donors (Lipinski definition) is 2. The molecule has 4 nitrogen and oxygen atoms in total. The number of phenols is 1. The lowest BCUT2D eigenvalue weighted by Crippen LogP contribution is -2.15. The van der Waals surface area contributed by atoms with Gasteiger partial charge in [-0.25, -0.2) is 4.98 Å². The van der Waals surface area contributed by atoms with Crippen molar-refractivity contribution in [3.05, 3.63) is 54.2 Å². The fourth-order valence-corrected chi connectivity index (χ4v) is 1.46. The number of aromatic nitrogens is 1. The third kappa shape index (κ3) is 3.04. The minimum absolute atomic E-state index is 0.128. The molecule has 86 valence electrons. The van der Waals surface area contributed by atoms with Crippen LogP contribution in [0.2, 0.25) is 0 Å². The molecule has 2 N–H and O–H groups in total. The van der Waals surface area contributed by atoms with Crippen LogP contribution in [0.15, 0.2) is 48.7 Å². The maximum absolute atomic E-state index is 11.7. The summed E-state index contributed by atoms with van der Waals surface area (Å²) in [5.41, 5.74) is 0.598. The van der Waals surface area contributed by atoms with Crippen LogP contribution in [0.5, 0.6) is 5.75 Å². The van der Waals surface area contributed by atoms with Gasteiger partial charge >= 0.3 is 0 Å². The van der Waals surface area contributed by atoms with E-state index in [1.54, 1.807) is 48.7 Å². The lowest BCUT2D eigenvalue weighted by atomic mass is 10.1. The summed E-state index contributed by atoms with van der Waals surface area (Å²) in [6.07, 6.45) is 1.73. The van der Waals surface area contributed by atoms with Gasteiger partial charge < -0.3 is 10.4 Å². The molecule has 17 heavy (non-hydrogen) atoms. The van der Waals surface area contributed by atoms with E-state index in [1.807, 2.05) is 0 Å². The lowest BCUT2D eigenvalue weighted by Gasteiger charge is -2.05. The number of hydrogen-bond acceptors (Lipinski definition) is 3. The van der Waals surface area contributed by atoms with Gasteiger partial charge in [0.05, 0.1) is 6.42 Å². The van der Waals surface area contributed by atoms with Gasteiger partial charge in [-0.3, -0.25) is 4.79 Å². The number of para-hydroxylation sites is 1. The molecule has 4 heteroatoms. The van der Waals surface area contributed by atoms with E-state index in [0.29, 0.717) is 11.4 Å². The first-order chi connectivity index (χ1) is 8.25. The van der Waals surface area contributed by atoms with Gasteiger partial charge in [-0.1, -0.05) is 24.3 Å². The molecule has 2 rings (SSSR count). The Bertz CT molecular complexity index is 512. The molecule has 0 saturated heterocycles. The number of carbonyl (C=O) groups is 1. The fourth-order valence-electron chi connectivity index (χ4n) is 1.46. The summed E-state index contributed by atoms with van der Waals surface area (Å²) in [4.78, 5) is 15.7. The zero-order chi connectivity index (χ0) is 12.1. The van der Waals surface area contributed by atoms with Gasteiger partial charge in [-0.05, 0) is 18.2 Å². The smallest absolute Gasteiger partial charge is 0.230 e. The van der Waals surface area contributed by atoms with Crippen molar-refractivity contribution >= 4 is 11.7 Å². The molecule has 1 aromatic heterocycles. The van der Waals surface area contributed by atoms with Crippen LogP contribution in [0, 0.1) is 0 Å². The average Bonchev–Trinajstić information content (AvgIpc) is 2.33. The largest absolute Gasteiger partial charge is 0.508 e. The SMILES string of the molecule is O=C(Cc1ccccc1O)Nc1ccccn1. The summed E-state index contributed by atoms with van der Waals surface area (Å²) in [5, 5.41) is 12.2. The van der Waals surface area contributed by atoms with Crippen molar-refractivity contribution in [2.45, 2.75) is 6.42 Å². The molecule has 0 aliphatic rings. The van der Waals surface area contributed by atoms with Gasteiger partial charge in [0.15, 0.2) is 0 Å².